The first-order chi connectivity index (χ1) is 6.07. The maximum absolute atomic E-state index is 10.9. The van der Waals surface area contributed by atoms with Gasteiger partial charge in [0.05, 0.1) is 0 Å². The van der Waals surface area contributed by atoms with Crippen molar-refractivity contribution < 1.29 is 9.53 Å². The van der Waals surface area contributed by atoms with Crippen LogP contribution >= 0.6 is 0 Å². The van der Waals surface area contributed by atoms with Crippen molar-refractivity contribution in [1.82, 2.24) is 4.90 Å². The molecule has 3 heteroatoms. The maximum Gasteiger partial charge on any atom is 0.303 e. The Bertz CT molecular complexity index is 207. The van der Waals surface area contributed by atoms with E-state index in [0.717, 1.165) is 6.42 Å². The van der Waals surface area contributed by atoms with Crippen molar-refractivity contribution >= 4 is 5.97 Å². The smallest absolute Gasteiger partial charge is 0.303 e. The van der Waals surface area contributed by atoms with Crippen LogP contribution in [0.4, 0.5) is 0 Å². The molecule has 0 radical (unpaired) electrons. The van der Waals surface area contributed by atoms with E-state index in [1.807, 2.05) is 27.9 Å². The molecule has 0 saturated heterocycles. The van der Waals surface area contributed by atoms with Gasteiger partial charge >= 0.3 is 5.97 Å². The lowest BCUT2D eigenvalue weighted by atomic mass is 9.88. The van der Waals surface area contributed by atoms with E-state index in [1.54, 1.807) is 0 Å². The van der Waals surface area contributed by atoms with Gasteiger partial charge in [-0.3, -0.25) is 4.79 Å². The van der Waals surface area contributed by atoms with E-state index < -0.39 is 5.60 Å². The van der Waals surface area contributed by atoms with Crippen LogP contribution in [0.5, 0.6) is 0 Å². The topological polar surface area (TPSA) is 29.5 Å². The van der Waals surface area contributed by atoms with Crippen LogP contribution < -0.4 is 0 Å². The normalized spacial score (nSPS) is 13.1. The Morgan fingerprint density at radius 3 is 1.93 bits per heavy atom. The first-order valence-electron chi connectivity index (χ1n) is 4.94. The van der Waals surface area contributed by atoms with Gasteiger partial charge in [-0.05, 0) is 41.8 Å². The zero-order valence-corrected chi connectivity index (χ0v) is 10.5. The standard InChI is InChI=1S/C11H23NO2/c1-9(13)14-11(4,5)8-10(2,3)12(6)7/h8H2,1-7H3. The van der Waals surface area contributed by atoms with E-state index in [9.17, 15) is 4.79 Å². The number of ether oxygens (including phenoxy) is 1. The highest BCUT2D eigenvalue weighted by Gasteiger charge is 2.32. The monoisotopic (exact) mass is 201 g/mol. The number of hydrogen-bond acceptors (Lipinski definition) is 3. The van der Waals surface area contributed by atoms with E-state index in [4.69, 9.17) is 4.74 Å². The SMILES string of the molecule is CC(=O)OC(C)(C)CC(C)(C)N(C)C. The van der Waals surface area contributed by atoms with E-state index >= 15 is 0 Å². The summed E-state index contributed by atoms with van der Waals surface area (Å²) in [5.41, 5.74) is -0.376. The third kappa shape index (κ3) is 4.61. The van der Waals surface area contributed by atoms with Crippen LogP contribution in [-0.2, 0) is 9.53 Å². The second kappa shape index (κ2) is 4.30. The van der Waals surface area contributed by atoms with Gasteiger partial charge in [-0.15, -0.1) is 0 Å². The Morgan fingerprint density at radius 1 is 1.21 bits per heavy atom. The summed E-state index contributed by atoms with van der Waals surface area (Å²) in [4.78, 5) is 13.0. The molecule has 0 spiro atoms. The molecule has 0 amide bonds. The highest BCUT2D eigenvalue weighted by Crippen LogP contribution is 2.26. The predicted molar refractivity (Wildman–Crippen MR) is 58.2 cm³/mol. The average Bonchev–Trinajstić information content (AvgIpc) is 1.79. The fourth-order valence-corrected chi connectivity index (χ4v) is 1.63. The van der Waals surface area contributed by atoms with Gasteiger partial charge in [0, 0.05) is 18.9 Å². The van der Waals surface area contributed by atoms with Gasteiger partial charge in [-0.25, -0.2) is 0 Å². The van der Waals surface area contributed by atoms with Gasteiger partial charge in [-0.2, -0.15) is 0 Å². The minimum atomic E-state index is -0.403. The zero-order valence-electron chi connectivity index (χ0n) is 10.5. The van der Waals surface area contributed by atoms with Crippen LogP contribution in [0.25, 0.3) is 0 Å². The second-order valence-electron chi connectivity index (χ2n) is 5.24. The molecular weight excluding hydrogens is 178 g/mol. The van der Waals surface area contributed by atoms with E-state index in [-0.39, 0.29) is 11.5 Å². The van der Waals surface area contributed by atoms with Crippen molar-refractivity contribution in [2.75, 3.05) is 14.1 Å². The molecule has 3 nitrogen and oxygen atoms in total. The zero-order chi connectivity index (χ0) is 11.6. The molecule has 0 heterocycles. The number of nitrogens with zero attached hydrogens (tertiary/aromatic N) is 1. The number of esters is 1. The molecule has 14 heavy (non-hydrogen) atoms. The quantitative estimate of drug-likeness (QED) is 0.652. The van der Waals surface area contributed by atoms with Crippen molar-refractivity contribution in [1.29, 1.82) is 0 Å². The van der Waals surface area contributed by atoms with Crippen LogP contribution in [0.1, 0.15) is 41.0 Å². The van der Waals surface area contributed by atoms with E-state index in [1.165, 1.54) is 6.92 Å². The van der Waals surface area contributed by atoms with Crippen molar-refractivity contribution in [3.8, 4) is 0 Å². The largest absolute Gasteiger partial charge is 0.460 e. The summed E-state index contributed by atoms with van der Waals surface area (Å²) < 4.78 is 5.26. The third-order valence-corrected chi connectivity index (χ3v) is 2.49. The lowest BCUT2D eigenvalue weighted by molar-refractivity contribution is -0.156. The van der Waals surface area contributed by atoms with Crippen LogP contribution in [0.2, 0.25) is 0 Å². The summed E-state index contributed by atoms with van der Waals surface area (Å²) in [5.74, 6) is -0.218. The molecule has 0 unspecified atom stereocenters. The molecule has 84 valence electrons. The van der Waals surface area contributed by atoms with Crippen molar-refractivity contribution in [3.05, 3.63) is 0 Å². The lowest BCUT2D eigenvalue weighted by Crippen LogP contribution is -2.45. The molecule has 0 aliphatic heterocycles. The number of rotatable bonds is 4. The molecule has 0 fully saturated rings. The number of carbonyl (C=O) groups excluding carboxylic acids is 1. The summed E-state index contributed by atoms with van der Waals surface area (Å²) in [7, 11) is 4.06. The fourth-order valence-electron chi connectivity index (χ4n) is 1.63. The average molecular weight is 201 g/mol. The summed E-state index contributed by atoms with van der Waals surface area (Å²) in [6.07, 6.45) is 0.812. The molecule has 0 aromatic carbocycles. The van der Waals surface area contributed by atoms with Crippen molar-refractivity contribution in [2.45, 2.75) is 52.2 Å². The molecule has 0 bridgehead atoms. The second-order valence-corrected chi connectivity index (χ2v) is 5.24. The molecule has 0 rings (SSSR count). The molecule has 0 aromatic heterocycles. The van der Waals surface area contributed by atoms with Crippen LogP contribution in [0, 0.1) is 0 Å². The summed E-state index contributed by atoms with van der Waals surface area (Å²) in [6, 6.07) is 0. The number of hydrogen-bond donors (Lipinski definition) is 0. The molecule has 0 N–H and O–H groups in total. The highest BCUT2D eigenvalue weighted by molar-refractivity contribution is 5.66. The Kier molecular flexibility index (Phi) is 4.13. The Balaban J connectivity index is 4.41. The van der Waals surface area contributed by atoms with Gasteiger partial charge in [-0.1, -0.05) is 0 Å². The van der Waals surface area contributed by atoms with Crippen LogP contribution in [-0.4, -0.2) is 36.1 Å². The van der Waals surface area contributed by atoms with Crippen LogP contribution in [0.3, 0.4) is 0 Å². The van der Waals surface area contributed by atoms with Crippen molar-refractivity contribution in [2.24, 2.45) is 0 Å². The molecule has 0 aromatic rings. The first-order valence-corrected chi connectivity index (χ1v) is 4.94. The van der Waals surface area contributed by atoms with Gasteiger partial charge in [0.2, 0.25) is 0 Å². The Morgan fingerprint density at radius 2 is 1.64 bits per heavy atom. The van der Waals surface area contributed by atoms with Gasteiger partial charge in [0.25, 0.3) is 0 Å². The minimum Gasteiger partial charge on any atom is -0.460 e. The summed E-state index contributed by atoms with van der Waals surface area (Å²) in [6.45, 7) is 9.61. The minimum absolute atomic E-state index is 0.0267. The molecule has 0 aliphatic carbocycles. The Labute approximate surface area is 87.4 Å². The van der Waals surface area contributed by atoms with E-state index in [0.29, 0.717) is 0 Å². The highest BCUT2D eigenvalue weighted by atomic mass is 16.6. The maximum atomic E-state index is 10.9. The fraction of sp³-hybridized carbons (Fsp3) is 0.909. The predicted octanol–water partition coefficient (Wildman–Crippen LogP) is 2.06. The number of carbonyl (C=O) groups is 1. The Hall–Kier alpha value is -0.570. The molecule has 0 saturated carbocycles. The lowest BCUT2D eigenvalue weighted by Gasteiger charge is -2.39. The van der Waals surface area contributed by atoms with E-state index in [2.05, 4.69) is 18.7 Å². The summed E-state index contributed by atoms with van der Waals surface area (Å²) >= 11 is 0. The van der Waals surface area contributed by atoms with Gasteiger partial charge in [0.1, 0.15) is 5.60 Å². The molecule has 0 atom stereocenters. The molecule has 0 aliphatic rings. The molecular formula is C11H23NO2. The van der Waals surface area contributed by atoms with Gasteiger partial charge < -0.3 is 9.64 Å². The van der Waals surface area contributed by atoms with Crippen LogP contribution in [0.15, 0.2) is 0 Å². The third-order valence-electron chi connectivity index (χ3n) is 2.49. The van der Waals surface area contributed by atoms with Gasteiger partial charge in [0.15, 0.2) is 0 Å². The van der Waals surface area contributed by atoms with Crippen molar-refractivity contribution in [3.63, 3.8) is 0 Å². The first kappa shape index (κ1) is 13.4. The summed E-state index contributed by atoms with van der Waals surface area (Å²) in [5, 5.41) is 0.